The average molecular weight is 345 g/mol. The molecule has 1 aromatic heterocycles. The van der Waals surface area contributed by atoms with Crippen LogP contribution in [-0.4, -0.2) is 55.9 Å². The molecule has 25 heavy (non-hydrogen) atoms. The highest BCUT2D eigenvalue weighted by atomic mass is 16.4. The van der Waals surface area contributed by atoms with Gasteiger partial charge in [0.05, 0.1) is 6.20 Å². The number of aromatic nitrogens is 3. The molecule has 0 unspecified atom stereocenters. The Balaban J connectivity index is 1.97. The summed E-state index contributed by atoms with van der Waals surface area (Å²) in [7, 11) is 0. The number of hydrogen-bond acceptors (Lipinski definition) is 5. The van der Waals surface area contributed by atoms with Crippen molar-refractivity contribution >= 4 is 23.5 Å². The minimum Gasteiger partial charge on any atom is -0.476 e. The van der Waals surface area contributed by atoms with Crippen LogP contribution in [0.15, 0.2) is 30.5 Å². The maximum Gasteiger partial charge on any atom is 0.358 e. The summed E-state index contributed by atoms with van der Waals surface area (Å²) in [5, 5.41) is 18.4. The molecule has 2 aromatic rings. The van der Waals surface area contributed by atoms with Crippen LogP contribution in [0.2, 0.25) is 0 Å². The van der Waals surface area contributed by atoms with E-state index in [0.29, 0.717) is 24.3 Å². The standard InChI is InChI=1S/C16H19N5O4/c1-3-20(4-2)15(23)11-5-7-12(8-6-11)17-14(22)10-21-9-13(16(24)25)18-19-21/h5-9H,3-4,10H2,1-2H3,(H,17,22)(H,24,25). The van der Waals surface area contributed by atoms with Crippen molar-refractivity contribution in [3.63, 3.8) is 0 Å². The molecule has 0 radical (unpaired) electrons. The third-order valence-electron chi connectivity index (χ3n) is 3.53. The summed E-state index contributed by atoms with van der Waals surface area (Å²) >= 11 is 0. The second-order valence-electron chi connectivity index (χ2n) is 5.21. The van der Waals surface area contributed by atoms with Crippen LogP contribution < -0.4 is 5.32 Å². The third kappa shape index (κ3) is 4.63. The lowest BCUT2D eigenvalue weighted by atomic mass is 10.1. The van der Waals surface area contributed by atoms with Gasteiger partial charge >= 0.3 is 5.97 Å². The molecule has 1 heterocycles. The minimum absolute atomic E-state index is 0.0632. The molecule has 1 aromatic carbocycles. The van der Waals surface area contributed by atoms with Crippen molar-refractivity contribution in [1.29, 1.82) is 0 Å². The van der Waals surface area contributed by atoms with Gasteiger partial charge in [0.25, 0.3) is 5.91 Å². The number of anilines is 1. The first kappa shape index (κ1) is 18.1. The van der Waals surface area contributed by atoms with Gasteiger partial charge in [-0.15, -0.1) is 5.10 Å². The second-order valence-corrected chi connectivity index (χ2v) is 5.21. The number of aromatic carboxylic acids is 1. The molecule has 0 fully saturated rings. The molecule has 2 rings (SSSR count). The maximum absolute atomic E-state index is 12.2. The lowest BCUT2D eigenvalue weighted by Crippen LogP contribution is -2.30. The minimum atomic E-state index is -1.21. The molecule has 2 amide bonds. The molecule has 0 aliphatic rings. The number of amides is 2. The van der Waals surface area contributed by atoms with Gasteiger partial charge in [-0.1, -0.05) is 5.21 Å². The predicted octanol–water partition coefficient (Wildman–Crippen LogP) is 1.10. The molecule has 0 aliphatic heterocycles. The van der Waals surface area contributed by atoms with Crippen molar-refractivity contribution in [1.82, 2.24) is 19.9 Å². The predicted molar refractivity (Wildman–Crippen MR) is 89.3 cm³/mol. The molecule has 0 saturated heterocycles. The SMILES string of the molecule is CCN(CC)C(=O)c1ccc(NC(=O)Cn2cc(C(=O)O)nn2)cc1. The first-order valence-electron chi connectivity index (χ1n) is 7.77. The van der Waals surface area contributed by atoms with E-state index in [-0.39, 0.29) is 24.1 Å². The number of benzene rings is 1. The van der Waals surface area contributed by atoms with E-state index in [1.165, 1.54) is 6.20 Å². The quantitative estimate of drug-likeness (QED) is 0.776. The highest BCUT2D eigenvalue weighted by molar-refractivity contribution is 5.95. The largest absolute Gasteiger partial charge is 0.476 e. The number of nitrogens with zero attached hydrogens (tertiary/aromatic N) is 4. The van der Waals surface area contributed by atoms with Crippen LogP contribution in [0.5, 0.6) is 0 Å². The van der Waals surface area contributed by atoms with Crippen molar-refractivity contribution in [2.24, 2.45) is 0 Å². The summed E-state index contributed by atoms with van der Waals surface area (Å²) in [5.41, 5.74) is 0.843. The van der Waals surface area contributed by atoms with Crippen LogP contribution >= 0.6 is 0 Å². The Morgan fingerprint density at radius 3 is 2.32 bits per heavy atom. The van der Waals surface area contributed by atoms with E-state index in [9.17, 15) is 14.4 Å². The van der Waals surface area contributed by atoms with Crippen molar-refractivity contribution in [2.45, 2.75) is 20.4 Å². The van der Waals surface area contributed by atoms with Crippen LogP contribution in [0.4, 0.5) is 5.69 Å². The van der Waals surface area contributed by atoms with Crippen molar-refractivity contribution in [3.05, 3.63) is 41.7 Å². The topological polar surface area (TPSA) is 117 Å². The van der Waals surface area contributed by atoms with Gasteiger partial charge in [0.15, 0.2) is 5.69 Å². The molecule has 9 nitrogen and oxygen atoms in total. The van der Waals surface area contributed by atoms with Crippen LogP contribution in [0.3, 0.4) is 0 Å². The fraction of sp³-hybridized carbons (Fsp3) is 0.312. The van der Waals surface area contributed by atoms with E-state index < -0.39 is 5.97 Å². The molecule has 2 N–H and O–H groups in total. The van der Waals surface area contributed by atoms with Crippen molar-refractivity contribution < 1.29 is 19.5 Å². The zero-order valence-corrected chi connectivity index (χ0v) is 14.0. The summed E-state index contributed by atoms with van der Waals surface area (Å²) < 4.78 is 1.14. The van der Waals surface area contributed by atoms with Gasteiger partial charge in [0.2, 0.25) is 5.91 Å². The van der Waals surface area contributed by atoms with E-state index in [0.717, 1.165) is 4.68 Å². The number of nitrogens with one attached hydrogen (secondary N) is 1. The second kappa shape index (κ2) is 8.04. The van der Waals surface area contributed by atoms with Gasteiger partial charge in [-0.25, -0.2) is 9.48 Å². The first-order valence-corrected chi connectivity index (χ1v) is 7.77. The number of rotatable bonds is 7. The van der Waals surface area contributed by atoms with E-state index >= 15 is 0 Å². The van der Waals surface area contributed by atoms with Crippen LogP contribution in [0.25, 0.3) is 0 Å². The lowest BCUT2D eigenvalue weighted by Gasteiger charge is -2.18. The molecule has 0 spiro atoms. The van der Waals surface area contributed by atoms with Gasteiger partial charge in [-0.05, 0) is 38.1 Å². The Hall–Kier alpha value is -3.23. The Labute approximate surface area is 144 Å². The van der Waals surface area contributed by atoms with Crippen LogP contribution in [-0.2, 0) is 11.3 Å². The van der Waals surface area contributed by atoms with Gasteiger partial charge < -0.3 is 15.3 Å². The number of carboxylic acid groups (broad SMARTS) is 1. The van der Waals surface area contributed by atoms with E-state index in [1.54, 1.807) is 29.2 Å². The zero-order chi connectivity index (χ0) is 18.4. The van der Waals surface area contributed by atoms with Crippen LogP contribution in [0, 0.1) is 0 Å². The molecule has 0 atom stereocenters. The number of hydrogen-bond donors (Lipinski definition) is 2. The Morgan fingerprint density at radius 2 is 1.80 bits per heavy atom. The summed E-state index contributed by atoms with van der Waals surface area (Å²) in [6.45, 7) is 4.92. The van der Waals surface area contributed by atoms with E-state index in [2.05, 4.69) is 15.6 Å². The molecule has 132 valence electrons. The van der Waals surface area contributed by atoms with E-state index in [4.69, 9.17) is 5.11 Å². The number of carboxylic acids is 1. The first-order chi connectivity index (χ1) is 11.9. The van der Waals surface area contributed by atoms with Crippen molar-refractivity contribution in [3.8, 4) is 0 Å². The monoisotopic (exact) mass is 345 g/mol. The summed E-state index contributed by atoms with van der Waals surface area (Å²) in [5.74, 6) is -1.66. The van der Waals surface area contributed by atoms with Gasteiger partial charge in [0, 0.05) is 24.3 Å². The van der Waals surface area contributed by atoms with Crippen LogP contribution in [0.1, 0.15) is 34.7 Å². The highest BCUT2D eigenvalue weighted by Gasteiger charge is 2.13. The Bertz CT molecular complexity index is 765. The number of carbonyl (C=O) groups is 3. The molecule has 9 heteroatoms. The number of carbonyl (C=O) groups excluding carboxylic acids is 2. The zero-order valence-electron chi connectivity index (χ0n) is 14.0. The smallest absolute Gasteiger partial charge is 0.358 e. The van der Waals surface area contributed by atoms with Gasteiger partial charge in [-0.2, -0.15) is 0 Å². The fourth-order valence-corrected chi connectivity index (χ4v) is 2.21. The van der Waals surface area contributed by atoms with Crippen molar-refractivity contribution in [2.75, 3.05) is 18.4 Å². The fourth-order valence-electron chi connectivity index (χ4n) is 2.21. The van der Waals surface area contributed by atoms with Gasteiger partial charge in [0.1, 0.15) is 6.54 Å². The average Bonchev–Trinajstić information content (AvgIpc) is 3.05. The lowest BCUT2D eigenvalue weighted by molar-refractivity contribution is -0.116. The summed E-state index contributed by atoms with van der Waals surface area (Å²) in [6.07, 6.45) is 1.17. The third-order valence-corrected chi connectivity index (χ3v) is 3.53. The maximum atomic E-state index is 12.2. The highest BCUT2D eigenvalue weighted by Crippen LogP contribution is 2.12. The molecule has 0 bridgehead atoms. The normalized spacial score (nSPS) is 10.3. The Morgan fingerprint density at radius 1 is 1.16 bits per heavy atom. The van der Waals surface area contributed by atoms with Gasteiger partial charge in [-0.3, -0.25) is 9.59 Å². The molecule has 0 saturated carbocycles. The molecule has 0 aliphatic carbocycles. The van der Waals surface area contributed by atoms with E-state index in [1.807, 2.05) is 13.8 Å². The summed E-state index contributed by atoms with van der Waals surface area (Å²) in [4.78, 5) is 36.6. The summed E-state index contributed by atoms with van der Waals surface area (Å²) in [6, 6.07) is 6.57. The molecular weight excluding hydrogens is 326 g/mol. The Kier molecular flexibility index (Phi) is 5.83. The molecular formula is C16H19N5O4.